The van der Waals surface area contributed by atoms with Crippen LogP contribution in [0.25, 0.3) is 6.08 Å². The quantitative estimate of drug-likeness (QED) is 0.441. The van der Waals surface area contributed by atoms with E-state index in [9.17, 15) is 19.5 Å². The maximum atomic E-state index is 13.1. The highest BCUT2D eigenvalue weighted by Gasteiger charge is 2.35. The number of nitrogens with zero attached hydrogens (tertiary/aromatic N) is 1. The summed E-state index contributed by atoms with van der Waals surface area (Å²) in [5.41, 5.74) is 0.474. The fraction of sp³-hybridized carbons (Fsp3) is 0.100. The zero-order valence-electron chi connectivity index (χ0n) is 15.5. The number of hydrogen-bond acceptors (Lipinski definition) is 6. The molecule has 3 rings (SSSR count). The highest BCUT2D eigenvalue weighted by molar-refractivity contribution is 7.80. The summed E-state index contributed by atoms with van der Waals surface area (Å²) in [6, 6.07) is 10.7. The molecule has 148 valence electrons. The standard InChI is InChI=1S/C20H16N2O6S/c1-27-15-8-4-5-11(16(15)28-2)10-14-17(23)21-20(29)22(18(14)24)13-7-3-6-12(9-13)19(25)26/h3-10H,1-2H3,(H,25,26)(H,21,23,29). The second-order valence-electron chi connectivity index (χ2n) is 5.90. The fourth-order valence-corrected chi connectivity index (χ4v) is 3.13. The van der Waals surface area contributed by atoms with Gasteiger partial charge in [0.2, 0.25) is 0 Å². The van der Waals surface area contributed by atoms with Crippen LogP contribution in [0.3, 0.4) is 0 Å². The highest BCUT2D eigenvalue weighted by Crippen LogP contribution is 2.33. The largest absolute Gasteiger partial charge is 0.493 e. The number of aromatic carboxylic acids is 1. The molecule has 0 atom stereocenters. The molecule has 0 radical (unpaired) electrons. The van der Waals surface area contributed by atoms with Crippen LogP contribution in [0.5, 0.6) is 11.5 Å². The van der Waals surface area contributed by atoms with E-state index in [2.05, 4.69) is 5.32 Å². The van der Waals surface area contributed by atoms with Crippen molar-refractivity contribution in [1.29, 1.82) is 0 Å². The Morgan fingerprint density at radius 3 is 2.52 bits per heavy atom. The SMILES string of the molecule is COc1cccc(C=C2C(=O)NC(=S)N(c3cccc(C(=O)O)c3)C2=O)c1OC. The molecule has 0 unspecified atom stereocenters. The molecule has 9 heteroatoms. The molecule has 1 heterocycles. The van der Waals surface area contributed by atoms with E-state index in [1.54, 1.807) is 18.2 Å². The molecule has 8 nitrogen and oxygen atoms in total. The van der Waals surface area contributed by atoms with Gasteiger partial charge >= 0.3 is 5.97 Å². The molecule has 2 aromatic rings. The van der Waals surface area contributed by atoms with Crippen molar-refractivity contribution in [3.05, 3.63) is 59.2 Å². The number of ether oxygens (including phenoxy) is 2. The number of rotatable bonds is 5. The summed E-state index contributed by atoms with van der Waals surface area (Å²) in [7, 11) is 2.92. The van der Waals surface area contributed by atoms with E-state index in [-0.39, 0.29) is 21.9 Å². The van der Waals surface area contributed by atoms with Crippen molar-refractivity contribution in [1.82, 2.24) is 5.32 Å². The number of amides is 2. The molecule has 2 amide bonds. The molecular weight excluding hydrogens is 396 g/mol. The number of benzene rings is 2. The second-order valence-corrected chi connectivity index (χ2v) is 6.28. The van der Waals surface area contributed by atoms with E-state index in [1.165, 1.54) is 44.6 Å². The number of anilines is 1. The van der Waals surface area contributed by atoms with E-state index in [0.717, 1.165) is 4.90 Å². The molecule has 0 saturated carbocycles. The molecule has 0 bridgehead atoms. The Kier molecular flexibility index (Phi) is 5.60. The highest BCUT2D eigenvalue weighted by atomic mass is 32.1. The lowest BCUT2D eigenvalue weighted by atomic mass is 10.1. The molecular formula is C20H16N2O6S. The smallest absolute Gasteiger partial charge is 0.335 e. The Bertz CT molecular complexity index is 1060. The predicted molar refractivity (Wildman–Crippen MR) is 109 cm³/mol. The van der Waals surface area contributed by atoms with Crippen molar-refractivity contribution in [3.63, 3.8) is 0 Å². The van der Waals surface area contributed by atoms with E-state index in [4.69, 9.17) is 21.7 Å². The minimum atomic E-state index is -1.15. The lowest BCUT2D eigenvalue weighted by Crippen LogP contribution is -2.54. The number of hydrogen-bond donors (Lipinski definition) is 2. The fourth-order valence-electron chi connectivity index (χ4n) is 2.85. The summed E-state index contributed by atoms with van der Waals surface area (Å²) in [6.45, 7) is 0. The van der Waals surface area contributed by atoms with Crippen molar-refractivity contribution in [2.75, 3.05) is 19.1 Å². The first-order chi connectivity index (χ1) is 13.9. The van der Waals surface area contributed by atoms with E-state index in [0.29, 0.717) is 17.1 Å². The van der Waals surface area contributed by atoms with Gasteiger partial charge in [0.15, 0.2) is 16.6 Å². The predicted octanol–water partition coefficient (Wildman–Crippen LogP) is 2.23. The average Bonchev–Trinajstić information content (AvgIpc) is 2.70. The Morgan fingerprint density at radius 1 is 1.14 bits per heavy atom. The lowest BCUT2D eigenvalue weighted by molar-refractivity contribution is -0.122. The number of nitrogens with one attached hydrogen (secondary N) is 1. The van der Waals surface area contributed by atoms with Gasteiger partial charge in [0, 0.05) is 5.56 Å². The summed E-state index contributed by atoms with van der Waals surface area (Å²) in [6.07, 6.45) is 1.37. The van der Waals surface area contributed by atoms with Gasteiger partial charge in [-0.15, -0.1) is 0 Å². The molecule has 1 fully saturated rings. The number of thiocarbonyl (C=S) groups is 1. The van der Waals surface area contributed by atoms with E-state index >= 15 is 0 Å². The van der Waals surface area contributed by atoms with Crippen molar-refractivity contribution < 1.29 is 29.0 Å². The third-order valence-electron chi connectivity index (χ3n) is 4.19. The summed E-state index contributed by atoms with van der Waals surface area (Å²) < 4.78 is 10.6. The Hall–Kier alpha value is -3.72. The van der Waals surface area contributed by atoms with Crippen LogP contribution in [-0.2, 0) is 9.59 Å². The third-order valence-corrected chi connectivity index (χ3v) is 4.47. The Balaban J connectivity index is 2.08. The van der Waals surface area contributed by atoms with Crippen molar-refractivity contribution in [3.8, 4) is 11.5 Å². The first kappa shape index (κ1) is 20.0. The van der Waals surface area contributed by atoms with E-state index < -0.39 is 17.8 Å². The monoisotopic (exact) mass is 412 g/mol. The van der Waals surface area contributed by atoms with Gasteiger partial charge in [-0.05, 0) is 42.6 Å². The normalized spacial score (nSPS) is 15.3. The van der Waals surface area contributed by atoms with Crippen LogP contribution in [0.2, 0.25) is 0 Å². The van der Waals surface area contributed by atoms with Crippen LogP contribution in [-0.4, -0.2) is 42.2 Å². The number of carbonyl (C=O) groups is 3. The van der Waals surface area contributed by atoms with Crippen LogP contribution < -0.4 is 19.7 Å². The van der Waals surface area contributed by atoms with Gasteiger partial charge in [-0.3, -0.25) is 19.8 Å². The summed E-state index contributed by atoms with van der Waals surface area (Å²) in [4.78, 5) is 37.8. The number of methoxy groups -OCH3 is 2. The molecule has 1 aliphatic rings. The van der Waals surface area contributed by atoms with Gasteiger partial charge in [0.1, 0.15) is 5.57 Å². The van der Waals surface area contributed by atoms with Crippen LogP contribution in [0.4, 0.5) is 5.69 Å². The van der Waals surface area contributed by atoms with Crippen LogP contribution in [0, 0.1) is 0 Å². The summed E-state index contributed by atoms with van der Waals surface area (Å²) in [5.74, 6) is -1.72. The van der Waals surface area contributed by atoms with Gasteiger partial charge in [-0.25, -0.2) is 4.79 Å². The minimum Gasteiger partial charge on any atom is -0.493 e. The number of carbonyl (C=O) groups excluding carboxylic acids is 2. The van der Waals surface area contributed by atoms with Crippen molar-refractivity contribution in [2.45, 2.75) is 0 Å². The zero-order chi connectivity index (χ0) is 21.1. The zero-order valence-corrected chi connectivity index (χ0v) is 16.3. The lowest BCUT2D eigenvalue weighted by Gasteiger charge is -2.29. The Morgan fingerprint density at radius 2 is 1.86 bits per heavy atom. The molecule has 0 aliphatic carbocycles. The van der Waals surface area contributed by atoms with Crippen LogP contribution >= 0.6 is 12.2 Å². The molecule has 1 saturated heterocycles. The first-order valence-corrected chi connectivity index (χ1v) is 8.74. The van der Waals surface area contributed by atoms with Gasteiger partial charge in [-0.2, -0.15) is 0 Å². The number of carboxylic acids is 1. The molecule has 2 N–H and O–H groups in total. The molecule has 1 aliphatic heterocycles. The van der Waals surface area contributed by atoms with Gasteiger partial charge in [0.25, 0.3) is 11.8 Å². The van der Waals surface area contributed by atoms with Crippen molar-refractivity contribution >= 4 is 46.9 Å². The first-order valence-electron chi connectivity index (χ1n) is 8.33. The van der Waals surface area contributed by atoms with E-state index in [1.807, 2.05) is 0 Å². The third kappa shape index (κ3) is 3.81. The van der Waals surface area contributed by atoms with Gasteiger partial charge in [-0.1, -0.05) is 18.2 Å². The van der Waals surface area contributed by atoms with Crippen molar-refractivity contribution in [2.24, 2.45) is 0 Å². The van der Waals surface area contributed by atoms with Crippen LogP contribution in [0.1, 0.15) is 15.9 Å². The minimum absolute atomic E-state index is 0.0185. The molecule has 0 aromatic heterocycles. The molecule has 2 aromatic carbocycles. The van der Waals surface area contributed by atoms with Crippen LogP contribution in [0.15, 0.2) is 48.0 Å². The Labute approximate surface area is 171 Å². The van der Waals surface area contributed by atoms with Gasteiger partial charge < -0.3 is 14.6 Å². The maximum absolute atomic E-state index is 13.1. The second kappa shape index (κ2) is 8.11. The molecule has 0 spiro atoms. The maximum Gasteiger partial charge on any atom is 0.335 e. The average molecular weight is 412 g/mol. The van der Waals surface area contributed by atoms with Gasteiger partial charge in [0.05, 0.1) is 25.5 Å². The number of para-hydroxylation sites is 1. The molecule has 29 heavy (non-hydrogen) atoms. The topological polar surface area (TPSA) is 105 Å². The summed E-state index contributed by atoms with van der Waals surface area (Å²) in [5, 5.41) is 11.5. The summed E-state index contributed by atoms with van der Waals surface area (Å²) >= 11 is 5.13. The number of carboxylic acid groups (broad SMARTS) is 1.